The van der Waals surface area contributed by atoms with Crippen molar-refractivity contribution in [1.29, 1.82) is 0 Å². The maximum atomic E-state index is 11.8. The molecule has 0 saturated heterocycles. The summed E-state index contributed by atoms with van der Waals surface area (Å²) in [6, 6.07) is 12.1. The van der Waals surface area contributed by atoms with Crippen LogP contribution in [-0.4, -0.2) is 28.5 Å². The van der Waals surface area contributed by atoms with E-state index in [0.717, 1.165) is 21.7 Å². The summed E-state index contributed by atoms with van der Waals surface area (Å²) in [4.78, 5) is 17.7. The molecule has 6 heteroatoms. The normalized spacial score (nSPS) is 11.0. The highest BCUT2D eigenvalue weighted by Crippen LogP contribution is 2.28. The Kier molecular flexibility index (Phi) is 4.50. The van der Waals surface area contributed by atoms with Gasteiger partial charge in [-0.2, -0.15) is 0 Å². The Morgan fingerprint density at radius 2 is 2.14 bits per heavy atom. The number of thiophene rings is 1. The van der Waals surface area contributed by atoms with Crippen LogP contribution in [0.3, 0.4) is 0 Å². The van der Waals surface area contributed by atoms with Gasteiger partial charge in [-0.05, 0) is 23.6 Å². The van der Waals surface area contributed by atoms with Crippen molar-refractivity contribution < 1.29 is 4.79 Å². The number of nitrogens with one attached hydrogen (secondary N) is 1. The minimum atomic E-state index is 0.0142. The first-order chi connectivity index (χ1) is 10.8. The number of aryl methyl sites for hydroxylation is 1. The molecule has 0 unspecified atom stereocenters. The molecule has 0 aliphatic carbocycles. The molecule has 3 rings (SSSR count). The number of carbonyl (C=O) groups excluding carboxylic acids is 1. The van der Waals surface area contributed by atoms with E-state index < -0.39 is 0 Å². The van der Waals surface area contributed by atoms with Crippen molar-refractivity contribution >= 4 is 28.3 Å². The van der Waals surface area contributed by atoms with E-state index in [2.05, 4.69) is 16.0 Å². The van der Waals surface area contributed by atoms with Crippen LogP contribution >= 0.6 is 11.3 Å². The number of nitrogens with two attached hydrogens (primary N) is 1. The summed E-state index contributed by atoms with van der Waals surface area (Å²) in [5.41, 5.74) is 7.41. The van der Waals surface area contributed by atoms with Crippen molar-refractivity contribution in [1.82, 2.24) is 14.9 Å². The van der Waals surface area contributed by atoms with Crippen LogP contribution in [0.4, 0.5) is 0 Å². The van der Waals surface area contributed by atoms with E-state index in [9.17, 15) is 4.79 Å². The number of fused-ring (bicyclic) bond motifs is 1. The molecule has 0 saturated carbocycles. The van der Waals surface area contributed by atoms with E-state index in [1.54, 1.807) is 11.3 Å². The second-order valence-corrected chi connectivity index (χ2v) is 5.89. The van der Waals surface area contributed by atoms with Crippen molar-refractivity contribution in [3.05, 3.63) is 41.8 Å². The fraction of sp³-hybridized carbons (Fsp3) is 0.250. The van der Waals surface area contributed by atoms with Gasteiger partial charge in [-0.15, -0.1) is 11.3 Å². The van der Waals surface area contributed by atoms with Crippen LogP contribution in [0.15, 0.2) is 41.8 Å². The lowest BCUT2D eigenvalue weighted by Gasteiger charge is -2.08. The molecule has 114 valence electrons. The number of para-hydroxylation sites is 2. The van der Waals surface area contributed by atoms with Gasteiger partial charge in [0.15, 0.2) is 5.82 Å². The minimum absolute atomic E-state index is 0.0142. The second-order valence-electron chi connectivity index (χ2n) is 4.94. The topological polar surface area (TPSA) is 72.9 Å². The number of imidazole rings is 1. The SMILES string of the molecule is NCCNC(=O)CCn1c(-c2cccs2)nc2ccccc21. The molecule has 0 aliphatic rings. The van der Waals surface area contributed by atoms with E-state index in [-0.39, 0.29) is 5.91 Å². The van der Waals surface area contributed by atoms with Gasteiger partial charge in [0.2, 0.25) is 5.91 Å². The van der Waals surface area contributed by atoms with Crippen LogP contribution in [0.25, 0.3) is 21.7 Å². The first kappa shape index (κ1) is 14.7. The van der Waals surface area contributed by atoms with Crippen LogP contribution in [0.2, 0.25) is 0 Å². The third-order valence-electron chi connectivity index (χ3n) is 3.43. The molecule has 3 N–H and O–H groups in total. The van der Waals surface area contributed by atoms with E-state index in [0.29, 0.717) is 26.1 Å². The Hall–Kier alpha value is -2.18. The van der Waals surface area contributed by atoms with E-state index in [4.69, 9.17) is 10.7 Å². The van der Waals surface area contributed by atoms with Gasteiger partial charge in [-0.25, -0.2) is 4.98 Å². The van der Waals surface area contributed by atoms with Crippen LogP contribution in [-0.2, 0) is 11.3 Å². The molecular weight excluding hydrogens is 296 g/mol. The van der Waals surface area contributed by atoms with Gasteiger partial charge in [0.1, 0.15) is 0 Å². The zero-order chi connectivity index (χ0) is 15.4. The standard InChI is InChI=1S/C16H18N4OS/c17-8-9-18-15(21)7-10-20-13-5-2-1-4-12(13)19-16(20)14-6-3-11-22-14/h1-6,11H,7-10,17H2,(H,18,21). The minimum Gasteiger partial charge on any atom is -0.355 e. The van der Waals surface area contributed by atoms with Crippen molar-refractivity contribution in [2.75, 3.05) is 13.1 Å². The van der Waals surface area contributed by atoms with Gasteiger partial charge >= 0.3 is 0 Å². The molecule has 2 heterocycles. The summed E-state index contributed by atoms with van der Waals surface area (Å²) < 4.78 is 2.11. The Morgan fingerprint density at radius 3 is 2.91 bits per heavy atom. The van der Waals surface area contributed by atoms with Gasteiger partial charge in [0.05, 0.1) is 15.9 Å². The molecule has 0 aliphatic heterocycles. The Balaban J connectivity index is 1.89. The fourth-order valence-corrected chi connectivity index (χ4v) is 3.13. The molecule has 0 atom stereocenters. The number of aromatic nitrogens is 2. The summed E-state index contributed by atoms with van der Waals surface area (Å²) in [6.07, 6.45) is 0.415. The van der Waals surface area contributed by atoms with Crippen LogP contribution in [0.1, 0.15) is 6.42 Å². The van der Waals surface area contributed by atoms with Gasteiger partial charge in [0, 0.05) is 26.1 Å². The van der Waals surface area contributed by atoms with Crippen molar-refractivity contribution in [2.45, 2.75) is 13.0 Å². The highest BCUT2D eigenvalue weighted by atomic mass is 32.1. The first-order valence-corrected chi connectivity index (χ1v) is 8.13. The number of hydrogen-bond donors (Lipinski definition) is 2. The molecule has 5 nitrogen and oxygen atoms in total. The third-order valence-corrected chi connectivity index (χ3v) is 4.29. The number of hydrogen-bond acceptors (Lipinski definition) is 4. The largest absolute Gasteiger partial charge is 0.355 e. The Morgan fingerprint density at radius 1 is 1.27 bits per heavy atom. The van der Waals surface area contributed by atoms with Crippen LogP contribution < -0.4 is 11.1 Å². The van der Waals surface area contributed by atoms with Gasteiger partial charge < -0.3 is 15.6 Å². The predicted molar refractivity (Wildman–Crippen MR) is 89.7 cm³/mol. The number of benzene rings is 1. The molecular formula is C16H18N4OS. The second kappa shape index (κ2) is 6.72. The summed E-state index contributed by atoms with van der Waals surface area (Å²) in [6.45, 7) is 1.58. The average Bonchev–Trinajstić information content (AvgIpc) is 3.18. The zero-order valence-corrected chi connectivity index (χ0v) is 13.0. The van der Waals surface area contributed by atoms with Crippen LogP contribution in [0.5, 0.6) is 0 Å². The maximum absolute atomic E-state index is 11.8. The highest BCUT2D eigenvalue weighted by molar-refractivity contribution is 7.13. The molecule has 2 aromatic heterocycles. The molecule has 1 amide bonds. The van der Waals surface area contributed by atoms with Gasteiger partial charge in [-0.1, -0.05) is 18.2 Å². The number of rotatable bonds is 6. The fourth-order valence-electron chi connectivity index (χ4n) is 2.41. The van der Waals surface area contributed by atoms with Crippen molar-refractivity contribution in [2.24, 2.45) is 5.73 Å². The van der Waals surface area contributed by atoms with Crippen molar-refractivity contribution in [3.63, 3.8) is 0 Å². The molecule has 3 aromatic rings. The zero-order valence-electron chi connectivity index (χ0n) is 12.2. The summed E-state index contributed by atoms with van der Waals surface area (Å²) in [7, 11) is 0. The van der Waals surface area contributed by atoms with E-state index in [1.165, 1.54) is 0 Å². The van der Waals surface area contributed by atoms with E-state index in [1.807, 2.05) is 35.7 Å². The van der Waals surface area contributed by atoms with E-state index >= 15 is 0 Å². The maximum Gasteiger partial charge on any atom is 0.221 e. The van der Waals surface area contributed by atoms with Crippen molar-refractivity contribution in [3.8, 4) is 10.7 Å². The molecule has 0 bridgehead atoms. The quantitative estimate of drug-likeness (QED) is 0.733. The monoisotopic (exact) mass is 314 g/mol. The Bertz CT molecular complexity index is 764. The highest BCUT2D eigenvalue weighted by Gasteiger charge is 2.13. The lowest BCUT2D eigenvalue weighted by molar-refractivity contribution is -0.121. The first-order valence-electron chi connectivity index (χ1n) is 7.25. The lowest BCUT2D eigenvalue weighted by Crippen LogP contribution is -2.29. The third kappa shape index (κ3) is 3.03. The number of nitrogens with zero attached hydrogens (tertiary/aromatic N) is 2. The number of carbonyl (C=O) groups is 1. The van der Waals surface area contributed by atoms with Crippen LogP contribution in [0, 0.1) is 0 Å². The molecule has 0 fully saturated rings. The smallest absolute Gasteiger partial charge is 0.221 e. The van der Waals surface area contributed by atoms with Gasteiger partial charge in [-0.3, -0.25) is 4.79 Å². The van der Waals surface area contributed by atoms with Gasteiger partial charge in [0.25, 0.3) is 0 Å². The lowest BCUT2D eigenvalue weighted by atomic mass is 10.3. The summed E-state index contributed by atoms with van der Waals surface area (Å²) in [5.74, 6) is 0.934. The Labute approximate surface area is 132 Å². The molecule has 0 radical (unpaired) electrons. The molecule has 0 spiro atoms. The average molecular weight is 314 g/mol. The predicted octanol–water partition coefficient (Wildman–Crippen LogP) is 2.23. The summed E-state index contributed by atoms with van der Waals surface area (Å²) >= 11 is 1.65. The summed E-state index contributed by atoms with van der Waals surface area (Å²) in [5, 5.41) is 4.84. The molecule has 1 aromatic carbocycles. The number of amides is 1. The molecule has 22 heavy (non-hydrogen) atoms.